The fraction of sp³-hybridized carbons (Fsp3) is 0.650. The van der Waals surface area contributed by atoms with Gasteiger partial charge in [0.05, 0.1) is 5.54 Å². The van der Waals surface area contributed by atoms with Gasteiger partial charge in [0.2, 0.25) is 0 Å². The molecular weight excluding hydrogens is 318 g/mol. The van der Waals surface area contributed by atoms with Crippen LogP contribution in [0.4, 0.5) is 0 Å². The monoisotopic (exact) mass is 351 g/mol. The van der Waals surface area contributed by atoms with Gasteiger partial charge in [0.15, 0.2) is 0 Å². The molecule has 1 rings (SSSR count). The molecule has 5 nitrogen and oxygen atoms in total. The van der Waals surface area contributed by atoms with Crippen molar-refractivity contribution >= 4 is 5.97 Å². The van der Waals surface area contributed by atoms with Crippen LogP contribution in [0.2, 0.25) is 0 Å². The lowest BCUT2D eigenvalue weighted by Crippen LogP contribution is -2.69. The second kappa shape index (κ2) is 9.90. The van der Waals surface area contributed by atoms with Crippen LogP contribution >= 0.6 is 0 Å². The first-order chi connectivity index (χ1) is 11.9. The fourth-order valence-corrected chi connectivity index (χ4v) is 3.56. The van der Waals surface area contributed by atoms with Crippen LogP contribution in [0.5, 0.6) is 0 Å². The molecule has 0 radical (unpaired) electrons. The highest BCUT2D eigenvalue weighted by molar-refractivity contribution is 5.78. The van der Waals surface area contributed by atoms with Crippen molar-refractivity contribution in [3.05, 3.63) is 35.9 Å². The summed E-state index contributed by atoms with van der Waals surface area (Å²) in [6, 6.07) is 9.97. The van der Waals surface area contributed by atoms with E-state index in [0.717, 1.165) is 12.0 Å². The van der Waals surface area contributed by atoms with E-state index in [9.17, 15) is 9.90 Å². The maximum atomic E-state index is 12.3. The highest BCUT2D eigenvalue weighted by Crippen LogP contribution is 2.38. The number of ether oxygens (including phenoxy) is 2. The predicted molar refractivity (Wildman–Crippen MR) is 99.5 cm³/mol. The number of nitrogens with one attached hydrogen (secondary N) is 1. The van der Waals surface area contributed by atoms with Crippen LogP contribution in [-0.4, -0.2) is 35.6 Å². The molecule has 5 heteroatoms. The van der Waals surface area contributed by atoms with Crippen molar-refractivity contribution in [2.75, 3.05) is 13.2 Å². The van der Waals surface area contributed by atoms with Gasteiger partial charge >= 0.3 is 5.97 Å². The van der Waals surface area contributed by atoms with E-state index in [0.29, 0.717) is 12.8 Å². The second-order valence-corrected chi connectivity index (χ2v) is 6.25. The molecule has 0 saturated carbocycles. The number of hydrogen-bond acceptors (Lipinski definition) is 4. The van der Waals surface area contributed by atoms with E-state index in [1.807, 2.05) is 51.1 Å². The summed E-state index contributed by atoms with van der Waals surface area (Å²) < 4.78 is 11.6. The minimum atomic E-state index is -1.72. The average Bonchev–Trinajstić information content (AvgIpc) is 2.61. The molecule has 1 aromatic rings. The molecule has 0 amide bonds. The minimum absolute atomic E-state index is 0.0349. The van der Waals surface area contributed by atoms with E-state index in [1.165, 1.54) is 0 Å². The van der Waals surface area contributed by atoms with Crippen molar-refractivity contribution in [3.8, 4) is 0 Å². The van der Waals surface area contributed by atoms with Crippen LogP contribution in [0, 0.1) is 0 Å². The number of carboxylic acids is 1. The SMILES string of the molecule is CCC[C@@](CC)(N[C@@H](C)c1ccccc1)C(OCC)(OCC)C(=O)O. The molecule has 0 aliphatic carbocycles. The van der Waals surface area contributed by atoms with Crippen LogP contribution in [0.1, 0.15) is 65.5 Å². The Morgan fingerprint density at radius 2 is 1.68 bits per heavy atom. The molecule has 0 aliphatic heterocycles. The van der Waals surface area contributed by atoms with E-state index in [1.54, 1.807) is 13.8 Å². The van der Waals surface area contributed by atoms with Gasteiger partial charge in [-0.05, 0) is 39.2 Å². The standard InChI is InChI=1S/C20H33NO4/c1-6-15-19(7-2,20(18(22)23,24-8-3)25-9-4)21-16(5)17-13-11-10-12-14-17/h10-14,16,21H,6-9,15H2,1-5H3,(H,22,23)/t16-,19+/m0/s1. The molecule has 142 valence electrons. The zero-order valence-electron chi connectivity index (χ0n) is 16.2. The molecule has 0 saturated heterocycles. The Hall–Kier alpha value is -1.43. The van der Waals surface area contributed by atoms with Crippen molar-refractivity contribution in [2.24, 2.45) is 0 Å². The van der Waals surface area contributed by atoms with Crippen molar-refractivity contribution in [3.63, 3.8) is 0 Å². The smallest absolute Gasteiger partial charge is 0.366 e. The molecule has 0 aliphatic rings. The Morgan fingerprint density at radius 3 is 2.08 bits per heavy atom. The normalized spacial score (nSPS) is 15.6. The summed E-state index contributed by atoms with van der Waals surface area (Å²) in [5.41, 5.74) is 0.262. The number of aliphatic carboxylic acids is 1. The number of carbonyl (C=O) groups is 1. The zero-order chi connectivity index (χ0) is 18.9. The molecule has 2 N–H and O–H groups in total. The van der Waals surface area contributed by atoms with Gasteiger partial charge < -0.3 is 14.6 Å². The lowest BCUT2D eigenvalue weighted by atomic mass is 9.80. The van der Waals surface area contributed by atoms with Crippen LogP contribution < -0.4 is 5.32 Å². The number of benzene rings is 1. The summed E-state index contributed by atoms with van der Waals surface area (Å²) in [6.07, 6.45) is 2.02. The summed E-state index contributed by atoms with van der Waals surface area (Å²) in [5, 5.41) is 13.6. The topological polar surface area (TPSA) is 67.8 Å². The van der Waals surface area contributed by atoms with Crippen LogP contribution in [0.15, 0.2) is 30.3 Å². The van der Waals surface area contributed by atoms with Crippen LogP contribution in [0.25, 0.3) is 0 Å². The van der Waals surface area contributed by atoms with Gasteiger partial charge in [-0.3, -0.25) is 5.32 Å². The second-order valence-electron chi connectivity index (χ2n) is 6.25. The van der Waals surface area contributed by atoms with Gasteiger partial charge in [-0.25, -0.2) is 4.79 Å². The Kier molecular flexibility index (Phi) is 8.56. The van der Waals surface area contributed by atoms with Crippen LogP contribution in [0.3, 0.4) is 0 Å². The minimum Gasteiger partial charge on any atom is -0.477 e. The van der Waals surface area contributed by atoms with Gasteiger partial charge in [0, 0.05) is 19.3 Å². The number of rotatable bonds is 12. The Bertz CT molecular complexity index is 514. The van der Waals surface area contributed by atoms with E-state index < -0.39 is 17.3 Å². The van der Waals surface area contributed by atoms with Crippen molar-refractivity contribution < 1.29 is 19.4 Å². The molecule has 0 bridgehead atoms. The van der Waals surface area contributed by atoms with Gasteiger partial charge in [-0.1, -0.05) is 50.6 Å². The Morgan fingerprint density at radius 1 is 1.12 bits per heavy atom. The van der Waals surface area contributed by atoms with Gasteiger partial charge in [0.1, 0.15) is 0 Å². The third kappa shape index (κ3) is 4.60. The predicted octanol–water partition coefficient (Wildman–Crippen LogP) is 4.14. The highest BCUT2D eigenvalue weighted by Gasteiger charge is 2.58. The quantitative estimate of drug-likeness (QED) is 0.554. The molecule has 0 unspecified atom stereocenters. The third-order valence-corrected chi connectivity index (χ3v) is 4.68. The Balaban J connectivity index is 3.36. The molecule has 0 spiro atoms. The first kappa shape index (κ1) is 21.6. The molecule has 1 aromatic carbocycles. The van der Waals surface area contributed by atoms with Gasteiger partial charge in [0.25, 0.3) is 5.79 Å². The molecule has 0 fully saturated rings. The summed E-state index contributed by atoms with van der Waals surface area (Å²) in [7, 11) is 0. The number of carboxylic acid groups (broad SMARTS) is 1. The summed E-state index contributed by atoms with van der Waals surface area (Å²) >= 11 is 0. The molecule has 25 heavy (non-hydrogen) atoms. The molecule has 0 heterocycles. The van der Waals surface area contributed by atoms with Crippen molar-refractivity contribution in [1.82, 2.24) is 5.32 Å². The number of hydrogen-bond donors (Lipinski definition) is 2. The fourth-order valence-electron chi connectivity index (χ4n) is 3.56. The van der Waals surface area contributed by atoms with Gasteiger partial charge in [-0.15, -0.1) is 0 Å². The van der Waals surface area contributed by atoms with E-state index in [-0.39, 0.29) is 19.3 Å². The van der Waals surface area contributed by atoms with E-state index in [2.05, 4.69) is 5.32 Å². The first-order valence-electron chi connectivity index (χ1n) is 9.26. The molecule has 2 atom stereocenters. The maximum Gasteiger partial charge on any atom is 0.366 e. The van der Waals surface area contributed by atoms with Crippen molar-refractivity contribution in [1.29, 1.82) is 0 Å². The summed E-state index contributed by atoms with van der Waals surface area (Å²) in [6.45, 7) is 10.2. The largest absolute Gasteiger partial charge is 0.477 e. The summed E-state index contributed by atoms with van der Waals surface area (Å²) in [4.78, 5) is 12.3. The summed E-state index contributed by atoms with van der Waals surface area (Å²) in [5.74, 6) is -2.80. The van der Waals surface area contributed by atoms with Crippen LogP contribution in [-0.2, 0) is 14.3 Å². The molecular formula is C20H33NO4. The van der Waals surface area contributed by atoms with Gasteiger partial charge in [-0.2, -0.15) is 0 Å². The zero-order valence-corrected chi connectivity index (χ0v) is 16.2. The Labute approximate surface area is 151 Å². The average molecular weight is 351 g/mol. The highest BCUT2D eigenvalue weighted by atomic mass is 16.7. The van der Waals surface area contributed by atoms with E-state index in [4.69, 9.17) is 9.47 Å². The lowest BCUT2D eigenvalue weighted by molar-refractivity contribution is -0.277. The maximum absolute atomic E-state index is 12.3. The first-order valence-corrected chi connectivity index (χ1v) is 9.26. The third-order valence-electron chi connectivity index (χ3n) is 4.68. The lowest BCUT2D eigenvalue weighted by Gasteiger charge is -2.48. The van der Waals surface area contributed by atoms with E-state index >= 15 is 0 Å². The molecule has 0 aromatic heterocycles. The van der Waals surface area contributed by atoms with Crippen molar-refractivity contribution in [2.45, 2.75) is 71.2 Å².